The van der Waals surface area contributed by atoms with Crippen molar-refractivity contribution in [3.8, 4) is 6.07 Å². The Balaban J connectivity index is 2.58. The number of halogens is 3. The van der Waals surface area contributed by atoms with Crippen LogP contribution in [0.25, 0.3) is 0 Å². The Morgan fingerprint density at radius 1 is 1.35 bits per heavy atom. The number of nitrogens with zero attached hydrogens (tertiary/aromatic N) is 2. The second kappa shape index (κ2) is 7.32. The Hall–Kier alpha value is -1.51. The SMILES string of the molecule is C=CC1CCC(CN(CC(F)(F)F)C(=O)CC#N)CC1. The molecule has 1 amide bonds. The van der Waals surface area contributed by atoms with Gasteiger partial charge in [-0.3, -0.25) is 4.79 Å². The van der Waals surface area contributed by atoms with E-state index in [0.717, 1.165) is 30.6 Å². The van der Waals surface area contributed by atoms with Gasteiger partial charge in [0.2, 0.25) is 5.91 Å². The van der Waals surface area contributed by atoms with Crippen molar-refractivity contribution in [1.29, 1.82) is 5.26 Å². The molecule has 0 unspecified atom stereocenters. The summed E-state index contributed by atoms with van der Waals surface area (Å²) in [6, 6.07) is 1.62. The molecule has 3 nitrogen and oxygen atoms in total. The summed E-state index contributed by atoms with van der Waals surface area (Å²) in [5, 5.41) is 8.47. The Morgan fingerprint density at radius 2 is 1.95 bits per heavy atom. The van der Waals surface area contributed by atoms with Crippen LogP contribution in [0.15, 0.2) is 12.7 Å². The number of allylic oxidation sites excluding steroid dienone is 1. The number of hydrogen-bond donors (Lipinski definition) is 0. The number of nitriles is 1. The molecule has 1 saturated carbocycles. The standard InChI is InChI=1S/C14H19F3N2O/c1-2-11-3-5-12(6-4-11)9-19(10-14(15,16)17)13(20)7-8-18/h2,11-12H,1,3-7,9-10H2. The van der Waals surface area contributed by atoms with E-state index in [1.807, 2.05) is 6.08 Å². The smallest absolute Gasteiger partial charge is 0.332 e. The lowest BCUT2D eigenvalue weighted by molar-refractivity contribution is -0.162. The summed E-state index contributed by atoms with van der Waals surface area (Å²) in [6.45, 7) is 2.54. The third-order valence-electron chi connectivity index (χ3n) is 3.66. The van der Waals surface area contributed by atoms with E-state index in [1.54, 1.807) is 6.07 Å². The summed E-state index contributed by atoms with van der Waals surface area (Å²) in [7, 11) is 0. The fourth-order valence-electron chi connectivity index (χ4n) is 2.57. The van der Waals surface area contributed by atoms with Gasteiger partial charge in [-0.1, -0.05) is 6.08 Å². The highest BCUT2D eigenvalue weighted by molar-refractivity contribution is 5.78. The number of amides is 1. The van der Waals surface area contributed by atoms with Gasteiger partial charge in [0.15, 0.2) is 0 Å². The van der Waals surface area contributed by atoms with Crippen molar-refractivity contribution < 1.29 is 18.0 Å². The Kier molecular flexibility index (Phi) is 6.05. The second-order valence-electron chi connectivity index (χ2n) is 5.24. The van der Waals surface area contributed by atoms with Gasteiger partial charge in [-0.2, -0.15) is 18.4 Å². The van der Waals surface area contributed by atoms with E-state index < -0.39 is 25.0 Å². The van der Waals surface area contributed by atoms with Crippen LogP contribution in [-0.4, -0.2) is 30.1 Å². The zero-order valence-electron chi connectivity index (χ0n) is 11.3. The monoisotopic (exact) mass is 288 g/mol. The molecule has 0 spiro atoms. The molecular formula is C14H19F3N2O. The largest absolute Gasteiger partial charge is 0.406 e. The molecule has 0 aromatic heterocycles. The van der Waals surface area contributed by atoms with Gasteiger partial charge in [0.05, 0.1) is 6.07 Å². The quantitative estimate of drug-likeness (QED) is 0.729. The molecule has 6 heteroatoms. The molecule has 0 N–H and O–H groups in total. The van der Waals surface area contributed by atoms with Crippen molar-refractivity contribution in [3.05, 3.63) is 12.7 Å². The highest BCUT2D eigenvalue weighted by Crippen LogP contribution is 2.30. The molecule has 20 heavy (non-hydrogen) atoms. The minimum atomic E-state index is -4.43. The third-order valence-corrected chi connectivity index (χ3v) is 3.66. The summed E-state index contributed by atoms with van der Waals surface area (Å²) in [4.78, 5) is 12.4. The van der Waals surface area contributed by atoms with Crippen LogP contribution in [-0.2, 0) is 4.79 Å². The molecule has 0 aromatic rings. The Morgan fingerprint density at radius 3 is 2.40 bits per heavy atom. The van der Waals surface area contributed by atoms with Crippen LogP contribution in [0.5, 0.6) is 0 Å². The summed E-state index contributed by atoms with van der Waals surface area (Å²) in [6.07, 6.45) is 0.350. The maximum Gasteiger partial charge on any atom is 0.406 e. The van der Waals surface area contributed by atoms with E-state index in [0.29, 0.717) is 5.92 Å². The minimum Gasteiger partial charge on any atom is -0.332 e. The first-order valence-electron chi connectivity index (χ1n) is 6.69. The minimum absolute atomic E-state index is 0.0798. The predicted octanol–water partition coefficient (Wildman–Crippen LogP) is 3.28. The first-order valence-corrected chi connectivity index (χ1v) is 6.69. The summed E-state index contributed by atoms with van der Waals surface area (Å²) >= 11 is 0. The lowest BCUT2D eigenvalue weighted by Gasteiger charge is -2.32. The maximum absolute atomic E-state index is 12.5. The molecule has 0 bridgehead atoms. The van der Waals surface area contributed by atoms with Crippen LogP contribution in [0.3, 0.4) is 0 Å². The van der Waals surface area contributed by atoms with Gasteiger partial charge in [-0.05, 0) is 37.5 Å². The van der Waals surface area contributed by atoms with Gasteiger partial charge in [-0.15, -0.1) is 6.58 Å². The van der Waals surface area contributed by atoms with Crippen LogP contribution in [0.2, 0.25) is 0 Å². The van der Waals surface area contributed by atoms with E-state index in [9.17, 15) is 18.0 Å². The summed E-state index contributed by atoms with van der Waals surface area (Å²) in [5.74, 6) is -0.232. The average Bonchev–Trinajstić information content (AvgIpc) is 2.37. The predicted molar refractivity (Wildman–Crippen MR) is 68.5 cm³/mol. The summed E-state index contributed by atoms with van der Waals surface area (Å²) < 4.78 is 37.5. The Bertz CT molecular complexity index is 379. The van der Waals surface area contributed by atoms with Gasteiger partial charge >= 0.3 is 6.18 Å². The zero-order chi connectivity index (χ0) is 15.2. The highest BCUT2D eigenvalue weighted by Gasteiger charge is 2.34. The number of rotatable bonds is 5. The zero-order valence-corrected chi connectivity index (χ0v) is 11.3. The van der Waals surface area contributed by atoms with E-state index in [1.165, 1.54) is 0 Å². The van der Waals surface area contributed by atoms with Gasteiger partial charge in [-0.25, -0.2) is 0 Å². The summed E-state index contributed by atoms with van der Waals surface area (Å²) in [5.41, 5.74) is 0. The molecule has 1 aliphatic rings. The Labute approximate surface area is 117 Å². The van der Waals surface area contributed by atoms with Gasteiger partial charge in [0, 0.05) is 6.54 Å². The number of carbonyl (C=O) groups is 1. The van der Waals surface area contributed by atoms with Crippen molar-refractivity contribution in [1.82, 2.24) is 4.90 Å². The molecule has 0 saturated heterocycles. The molecule has 112 valence electrons. The molecule has 0 aliphatic heterocycles. The van der Waals surface area contributed by atoms with Crippen molar-refractivity contribution in [3.63, 3.8) is 0 Å². The molecule has 0 atom stereocenters. The molecular weight excluding hydrogens is 269 g/mol. The molecule has 1 aliphatic carbocycles. The van der Waals surface area contributed by atoms with E-state index in [-0.39, 0.29) is 12.5 Å². The van der Waals surface area contributed by atoms with E-state index >= 15 is 0 Å². The second-order valence-corrected chi connectivity index (χ2v) is 5.24. The molecule has 1 rings (SSSR count). The molecule has 1 fully saturated rings. The van der Waals surface area contributed by atoms with Crippen molar-refractivity contribution in [2.45, 2.75) is 38.3 Å². The number of hydrogen-bond acceptors (Lipinski definition) is 2. The lowest BCUT2D eigenvalue weighted by Crippen LogP contribution is -2.42. The van der Waals surface area contributed by atoms with Crippen LogP contribution < -0.4 is 0 Å². The fraction of sp³-hybridized carbons (Fsp3) is 0.714. The third kappa shape index (κ3) is 5.64. The van der Waals surface area contributed by atoms with Crippen LogP contribution in [0.4, 0.5) is 13.2 Å². The van der Waals surface area contributed by atoms with Crippen molar-refractivity contribution in [2.75, 3.05) is 13.1 Å². The topological polar surface area (TPSA) is 44.1 Å². The van der Waals surface area contributed by atoms with Gasteiger partial charge in [0.1, 0.15) is 13.0 Å². The van der Waals surface area contributed by atoms with Gasteiger partial charge in [0.25, 0.3) is 0 Å². The number of carbonyl (C=O) groups excluding carboxylic acids is 1. The van der Waals surface area contributed by atoms with E-state index in [4.69, 9.17) is 5.26 Å². The maximum atomic E-state index is 12.5. The molecule has 0 radical (unpaired) electrons. The van der Waals surface area contributed by atoms with Crippen molar-refractivity contribution >= 4 is 5.91 Å². The van der Waals surface area contributed by atoms with Crippen LogP contribution >= 0.6 is 0 Å². The van der Waals surface area contributed by atoms with Gasteiger partial charge < -0.3 is 4.90 Å². The van der Waals surface area contributed by atoms with Crippen LogP contribution in [0, 0.1) is 23.2 Å². The first kappa shape index (κ1) is 16.5. The highest BCUT2D eigenvalue weighted by atomic mass is 19.4. The average molecular weight is 288 g/mol. The lowest BCUT2D eigenvalue weighted by atomic mass is 9.82. The molecule has 0 heterocycles. The normalized spacial score (nSPS) is 22.9. The molecule has 0 aromatic carbocycles. The van der Waals surface area contributed by atoms with E-state index in [2.05, 4.69) is 6.58 Å². The fourth-order valence-corrected chi connectivity index (χ4v) is 2.57. The van der Waals surface area contributed by atoms with Crippen LogP contribution in [0.1, 0.15) is 32.1 Å². The van der Waals surface area contributed by atoms with Crippen molar-refractivity contribution in [2.24, 2.45) is 11.8 Å². The number of alkyl halides is 3. The first-order chi connectivity index (χ1) is 9.35.